The van der Waals surface area contributed by atoms with Crippen molar-refractivity contribution in [1.82, 2.24) is 4.98 Å². The summed E-state index contributed by atoms with van der Waals surface area (Å²) in [5, 5.41) is 5.88. The molecule has 4 nitrogen and oxygen atoms in total. The lowest BCUT2D eigenvalue weighted by molar-refractivity contribution is -0.139. The van der Waals surface area contributed by atoms with Crippen molar-refractivity contribution in [2.75, 3.05) is 12.4 Å². The summed E-state index contributed by atoms with van der Waals surface area (Å²) < 4.78 is 4.62. The number of esters is 1. The molecule has 0 atom stereocenters. The molecule has 2 aromatic rings. The number of ether oxygens (including phenoxy) is 1. The highest BCUT2D eigenvalue weighted by molar-refractivity contribution is 7.13. The van der Waals surface area contributed by atoms with Crippen LogP contribution in [0.5, 0.6) is 0 Å². The zero-order chi connectivity index (χ0) is 13.8. The summed E-state index contributed by atoms with van der Waals surface area (Å²) in [6.07, 6.45) is 0.210. The lowest BCUT2D eigenvalue weighted by Crippen LogP contribution is -2.04. The molecular formula is C14H16N2O2S. The highest BCUT2D eigenvalue weighted by Gasteiger charge is 2.08. The fraction of sp³-hybridized carbons (Fsp3) is 0.286. The minimum absolute atomic E-state index is 0.210. The van der Waals surface area contributed by atoms with E-state index in [2.05, 4.69) is 41.0 Å². The molecule has 5 heteroatoms. The quantitative estimate of drug-likeness (QED) is 0.871. The lowest BCUT2D eigenvalue weighted by atomic mass is 10.1. The number of hydrogen-bond acceptors (Lipinski definition) is 5. The van der Waals surface area contributed by atoms with Crippen LogP contribution in [0.2, 0.25) is 0 Å². The Kier molecular flexibility index (Phi) is 4.16. The molecule has 0 aliphatic carbocycles. The van der Waals surface area contributed by atoms with Crippen molar-refractivity contribution in [2.24, 2.45) is 0 Å². The standard InChI is InChI=1S/C14H16N2O2S/c1-9-4-5-11(6-10(9)2)15-14-16-12(8-19-14)7-13(17)18-3/h4-6,8H,7H2,1-3H3,(H,15,16). The first-order chi connectivity index (χ1) is 9.08. The monoisotopic (exact) mass is 276 g/mol. The van der Waals surface area contributed by atoms with Gasteiger partial charge in [0.25, 0.3) is 0 Å². The van der Waals surface area contributed by atoms with Gasteiger partial charge in [-0.25, -0.2) is 4.98 Å². The Balaban J connectivity index is 2.07. The van der Waals surface area contributed by atoms with Crippen LogP contribution >= 0.6 is 11.3 Å². The van der Waals surface area contributed by atoms with Crippen molar-refractivity contribution in [1.29, 1.82) is 0 Å². The smallest absolute Gasteiger partial charge is 0.311 e. The molecule has 1 N–H and O–H groups in total. The van der Waals surface area contributed by atoms with Crippen LogP contribution in [0.3, 0.4) is 0 Å². The van der Waals surface area contributed by atoms with Gasteiger partial charge in [0.1, 0.15) is 0 Å². The maximum atomic E-state index is 11.2. The Hall–Kier alpha value is -1.88. The number of aromatic nitrogens is 1. The predicted molar refractivity (Wildman–Crippen MR) is 77.0 cm³/mol. The second kappa shape index (κ2) is 5.84. The van der Waals surface area contributed by atoms with Crippen molar-refractivity contribution >= 4 is 28.1 Å². The molecule has 0 fully saturated rings. The van der Waals surface area contributed by atoms with E-state index in [9.17, 15) is 4.79 Å². The lowest BCUT2D eigenvalue weighted by Gasteiger charge is -2.05. The molecule has 0 aliphatic rings. The molecule has 2 rings (SSSR count). The Morgan fingerprint density at radius 1 is 1.37 bits per heavy atom. The molecule has 0 bridgehead atoms. The molecular weight excluding hydrogens is 260 g/mol. The third kappa shape index (κ3) is 3.54. The number of carbonyl (C=O) groups excluding carboxylic acids is 1. The molecule has 0 saturated carbocycles. The number of aryl methyl sites for hydroxylation is 2. The van der Waals surface area contributed by atoms with Gasteiger partial charge < -0.3 is 10.1 Å². The molecule has 0 amide bonds. The number of rotatable bonds is 4. The SMILES string of the molecule is COC(=O)Cc1csc(Nc2ccc(C)c(C)c2)n1. The maximum absolute atomic E-state index is 11.2. The van der Waals surface area contributed by atoms with Gasteiger partial charge in [-0.2, -0.15) is 0 Å². The van der Waals surface area contributed by atoms with Crippen LogP contribution in [0, 0.1) is 13.8 Å². The van der Waals surface area contributed by atoms with Crippen molar-refractivity contribution in [3.05, 3.63) is 40.4 Å². The van der Waals surface area contributed by atoms with Crippen LogP contribution in [-0.2, 0) is 16.0 Å². The van der Waals surface area contributed by atoms with E-state index in [-0.39, 0.29) is 12.4 Å². The summed E-state index contributed by atoms with van der Waals surface area (Å²) in [6, 6.07) is 6.17. The van der Waals surface area contributed by atoms with Gasteiger partial charge >= 0.3 is 5.97 Å². The fourth-order valence-electron chi connectivity index (χ4n) is 1.61. The second-order valence-corrected chi connectivity index (χ2v) is 5.18. The topological polar surface area (TPSA) is 51.2 Å². The van der Waals surface area contributed by atoms with Gasteiger partial charge in [-0.1, -0.05) is 6.07 Å². The number of nitrogens with zero attached hydrogens (tertiary/aromatic N) is 1. The number of anilines is 2. The first kappa shape index (κ1) is 13.5. The Labute approximate surface area is 116 Å². The van der Waals surface area contributed by atoms with Crippen molar-refractivity contribution in [3.63, 3.8) is 0 Å². The van der Waals surface area contributed by atoms with E-state index in [1.807, 2.05) is 11.4 Å². The van der Waals surface area contributed by atoms with Gasteiger partial charge in [0, 0.05) is 11.1 Å². The van der Waals surface area contributed by atoms with E-state index >= 15 is 0 Å². The summed E-state index contributed by atoms with van der Waals surface area (Å²) in [5.74, 6) is -0.275. The molecule has 0 aliphatic heterocycles. The molecule has 0 unspecified atom stereocenters. The number of benzene rings is 1. The number of thiazole rings is 1. The minimum Gasteiger partial charge on any atom is -0.469 e. The van der Waals surface area contributed by atoms with E-state index in [4.69, 9.17) is 0 Å². The third-order valence-electron chi connectivity index (χ3n) is 2.86. The van der Waals surface area contributed by atoms with E-state index in [1.165, 1.54) is 29.6 Å². The molecule has 19 heavy (non-hydrogen) atoms. The van der Waals surface area contributed by atoms with Gasteiger partial charge in [0.05, 0.1) is 19.2 Å². The van der Waals surface area contributed by atoms with E-state index < -0.39 is 0 Å². The average Bonchev–Trinajstić information content (AvgIpc) is 2.81. The number of hydrogen-bond donors (Lipinski definition) is 1. The summed E-state index contributed by atoms with van der Waals surface area (Å²) in [5.41, 5.74) is 4.22. The number of nitrogens with one attached hydrogen (secondary N) is 1. The zero-order valence-corrected chi connectivity index (χ0v) is 12.0. The third-order valence-corrected chi connectivity index (χ3v) is 3.67. The summed E-state index contributed by atoms with van der Waals surface area (Å²) in [6.45, 7) is 4.15. The van der Waals surface area contributed by atoms with E-state index in [1.54, 1.807) is 0 Å². The molecule has 100 valence electrons. The molecule has 0 radical (unpaired) electrons. The van der Waals surface area contributed by atoms with Crippen LogP contribution in [0.1, 0.15) is 16.8 Å². The van der Waals surface area contributed by atoms with Crippen LogP contribution < -0.4 is 5.32 Å². The molecule has 0 spiro atoms. The highest BCUT2D eigenvalue weighted by Crippen LogP contribution is 2.23. The van der Waals surface area contributed by atoms with Crippen LogP contribution in [0.4, 0.5) is 10.8 Å². The minimum atomic E-state index is -0.275. The van der Waals surface area contributed by atoms with Crippen molar-refractivity contribution in [2.45, 2.75) is 20.3 Å². The normalized spacial score (nSPS) is 10.3. The van der Waals surface area contributed by atoms with Gasteiger partial charge in [-0.3, -0.25) is 4.79 Å². The largest absolute Gasteiger partial charge is 0.469 e. The van der Waals surface area contributed by atoms with E-state index in [0.29, 0.717) is 0 Å². The maximum Gasteiger partial charge on any atom is 0.311 e. The highest BCUT2D eigenvalue weighted by atomic mass is 32.1. The Morgan fingerprint density at radius 3 is 2.84 bits per heavy atom. The van der Waals surface area contributed by atoms with Gasteiger partial charge in [-0.05, 0) is 37.1 Å². The Morgan fingerprint density at radius 2 is 2.16 bits per heavy atom. The van der Waals surface area contributed by atoms with Crippen LogP contribution in [0.25, 0.3) is 0 Å². The van der Waals surface area contributed by atoms with Crippen LogP contribution in [-0.4, -0.2) is 18.1 Å². The van der Waals surface area contributed by atoms with E-state index in [0.717, 1.165) is 16.5 Å². The fourth-order valence-corrected chi connectivity index (χ4v) is 2.34. The van der Waals surface area contributed by atoms with Crippen LogP contribution in [0.15, 0.2) is 23.6 Å². The Bertz CT molecular complexity index is 593. The number of methoxy groups -OCH3 is 1. The summed E-state index contributed by atoms with van der Waals surface area (Å²) >= 11 is 1.48. The van der Waals surface area contributed by atoms with Gasteiger partial charge in [0.2, 0.25) is 0 Å². The first-order valence-electron chi connectivity index (χ1n) is 5.94. The van der Waals surface area contributed by atoms with Crippen molar-refractivity contribution < 1.29 is 9.53 Å². The predicted octanol–water partition coefficient (Wildman–Crippen LogP) is 3.22. The second-order valence-electron chi connectivity index (χ2n) is 4.32. The summed E-state index contributed by atoms with van der Waals surface area (Å²) in [7, 11) is 1.38. The molecule has 0 saturated heterocycles. The molecule has 1 heterocycles. The average molecular weight is 276 g/mol. The molecule has 1 aromatic heterocycles. The first-order valence-corrected chi connectivity index (χ1v) is 6.82. The zero-order valence-electron chi connectivity index (χ0n) is 11.2. The molecule has 1 aromatic carbocycles. The number of carbonyl (C=O) groups is 1. The van der Waals surface area contributed by atoms with Gasteiger partial charge in [0.15, 0.2) is 5.13 Å². The van der Waals surface area contributed by atoms with Crippen molar-refractivity contribution in [3.8, 4) is 0 Å². The van der Waals surface area contributed by atoms with Gasteiger partial charge in [-0.15, -0.1) is 11.3 Å². The summed E-state index contributed by atoms with van der Waals surface area (Å²) in [4.78, 5) is 15.5.